The molecule has 1 aromatic heterocycles. The fraction of sp³-hybridized carbons (Fsp3) is 0.625. The molecule has 1 aromatic rings. The van der Waals surface area contributed by atoms with E-state index in [0.717, 1.165) is 17.3 Å². The fourth-order valence-electron chi connectivity index (χ4n) is 1.79. The molecule has 1 fully saturated rings. The highest BCUT2D eigenvalue weighted by Gasteiger charge is 2.25. The summed E-state index contributed by atoms with van der Waals surface area (Å²) in [6, 6.07) is 0.702. The Morgan fingerprint density at radius 2 is 2.31 bits per heavy atom. The van der Waals surface area contributed by atoms with Gasteiger partial charge in [0.1, 0.15) is 0 Å². The van der Waals surface area contributed by atoms with E-state index in [-0.39, 0.29) is 18.4 Å². The summed E-state index contributed by atoms with van der Waals surface area (Å²) in [5.74, 6) is 0. The first-order valence-corrected chi connectivity index (χ1v) is 5.02. The summed E-state index contributed by atoms with van der Waals surface area (Å²) in [4.78, 5) is 0. The minimum atomic E-state index is 0. The Morgan fingerprint density at radius 1 is 1.54 bits per heavy atom. The van der Waals surface area contributed by atoms with Crippen molar-refractivity contribution < 1.29 is 0 Å². The maximum absolute atomic E-state index is 5.94. The van der Waals surface area contributed by atoms with E-state index in [2.05, 4.69) is 21.0 Å². The predicted octanol–water partition coefficient (Wildman–Crippen LogP) is 2.12. The van der Waals surface area contributed by atoms with Gasteiger partial charge in [-0.1, -0.05) is 0 Å². The Labute approximate surface area is 92.2 Å². The highest BCUT2D eigenvalue weighted by Crippen LogP contribution is 2.28. The molecule has 2 rings (SSSR count). The molecule has 2 unspecified atom stereocenters. The summed E-state index contributed by atoms with van der Waals surface area (Å²) in [5.41, 5.74) is 5.94. The highest BCUT2D eigenvalue weighted by atomic mass is 79.9. The SMILES string of the molecule is Cl.NC1CCCC1n1cc(Br)cn1. The van der Waals surface area contributed by atoms with Gasteiger partial charge in [-0.15, -0.1) is 12.4 Å². The van der Waals surface area contributed by atoms with Crippen LogP contribution in [-0.2, 0) is 0 Å². The van der Waals surface area contributed by atoms with Gasteiger partial charge < -0.3 is 5.73 Å². The second kappa shape index (κ2) is 4.44. The average Bonchev–Trinajstić information content (AvgIpc) is 2.58. The smallest absolute Gasteiger partial charge is 0.0670 e. The molecule has 1 saturated carbocycles. The van der Waals surface area contributed by atoms with Gasteiger partial charge in [0.25, 0.3) is 0 Å². The molecular formula is C8H13BrClN3. The van der Waals surface area contributed by atoms with E-state index in [4.69, 9.17) is 5.73 Å². The van der Waals surface area contributed by atoms with Gasteiger partial charge >= 0.3 is 0 Å². The molecule has 3 nitrogen and oxygen atoms in total. The van der Waals surface area contributed by atoms with Gasteiger partial charge in [-0.25, -0.2) is 0 Å². The number of aromatic nitrogens is 2. The van der Waals surface area contributed by atoms with Crippen molar-refractivity contribution in [1.29, 1.82) is 0 Å². The first-order chi connectivity index (χ1) is 5.77. The normalized spacial score (nSPS) is 27.2. The van der Waals surface area contributed by atoms with Crippen LogP contribution >= 0.6 is 28.3 Å². The third-order valence-corrected chi connectivity index (χ3v) is 2.85. The lowest BCUT2D eigenvalue weighted by molar-refractivity contribution is 0.421. The van der Waals surface area contributed by atoms with E-state index >= 15 is 0 Å². The minimum absolute atomic E-state index is 0. The van der Waals surface area contributed by atoms with Gasteiger partial charge in [-0.2, -0.15) is 5.10 Å². The van der Waals surface area contributed by atoms with Crippen LogP contribution in [0, 0.1) is 0 Å². The topological polar surface area (TPSA) is 43.8 Å². The highest BCUT2D eigenvalue weighted by molar-refractivity contribution is 9.10. The lowest BCUT2D eigenvalue weighted by Crippen LogP contribution is -2.27. The largest absolute Gasteiger partial charge is 0.326 e. The van der Waals surface area contributed by atoms with Crippen LogP contribution in [0.5, 0.6) is 0 Å². The molecule has 2 N–H and O–H groups in total. The summed E-state index contributed by atoms with van der Waals surface area (Å²) < 4.78 is 3.00. The molecule has 0 aliphatic heterocycles. The van der Waals surface area contributed by atoms with Crippen LogP contribution in [0.2, 0.25) is 0 Å². The third-order valence-electron chi connectivity index (χ3n) is 2.44. The van der Waals surface area contributed by atoms with E-state index in [1.54, 1.807) is 0 Å². The molecule has 13 heavy (non-hydrogen) atoms. The summed E-state index contributed by atoms with van der Waals surface area (Å²) in [6.07, 6.45) is 7.32. The van der Waals surface area contributed by atoms with Crippen LogP contribution in [0.3, 0.4) is 0 Å². The van der Waals surface area contributed by atoms with Crippen LogP contribution in [0.4, 0.5) is 0 Å². The van der Waals surface area contributed by atoms with Crippen LogP contribution in [0.25, 0.3) is 0 Å². The van der Waals surface area contributed by atoms with Crippen molar-refractivity contribution in [3.05, 3.63) is 16.9 Å². The van der Waals surface area contributed by atoms with Gasteiger partial charge in [-0.3, -0.25) is 4.68 Å². The fourth-order valence-corrected chi connectivity index (χ4v) is 2.10. The lowest BCUT2D eigenvalue weighted by Gasteiger charge is -2.15. The van der Waals surface area contributed by atoms with Crippen molar-refractivity contribution in [2.24, 2.45) is 5.73 Å². The van der Waals surface area contributed by atoms with Gasteiger partial charge in [0.15, 0.2) is 0 Å². The minimum Gasteiger partial charge on any atom is -0.326 e. The van der Waals surface area contributed by atoms with E-state index < -0.39 is 0 Å². The number of hydrogen-bond acceptors (Lipinski definition) is 2. The molecule has 0 aromatic carbocycles. The molecule has 0 radical (unpaired) electrons. The number of rotatable bonds is 1. The second-order valence-corrected chi connectivity index (χ2v) is 4.22. The van der Waals surface area contributed by atoms with Crippen molar-refractivity contribution >= 4 is 28.3 Å². The Bertz CT molecular complexity index is 276. The molecule has 1 heterocycles. The molecule has 1 aliphatic carbocycles. The van der Waals surface area contributed by atoms with Crippen LogP contribution < -0.4 is 5.73 Å². The molecule has 0 amide bonds. The average molecular weight is 267 g/mol. The molecule has 5 heteroatoms. The molecule has 2 atom stereocenters. The lowest BCUT2D eigenvalue weighted by atomic mass is 10.2. The molecule has 74 valence electrons. The summed E-state index contributed by atoms with van der Waals surface area (Å²) in [6.45, 7) is 0. The molecule has 0 spiro atoms. The maximum atomic E-state index is 5.94. The van der Waals surface area contributed by atoms with Crippen molar-refractivity contribution in [1.82, 2.24) is 9.78 Å². The Kier molecular flexibility index (Phi) is 3.76. The monoisotopic (exact) mass is 265 g/mol. The van der Waals surface area contributed by atoms with Gasteiger partial charge in [0.05, 0.1) is 16.7 Å². The Morgan fingerprint density at radius 3 is 2.77 bits per heavy atom. The van der Waals surface area contributed by atoms with Crippen LogP contribution in [-0.4, -0.2) is 15.8 Å². The van der Waals surface area contributed by atoms with Crippen LogP contribution in [0.1, 0.15) is 25.3 Å². The molecular weight excluding hydrogens is 253 g/mol. The van der Waals surface area contributed by atoms with Crippen molar-refractivity contribution in [2.75, 3.05) is 0 Å². The predicted molar refractivity (Wildman–Crippen MR) is 58.0 cm³/mol. The molecule has 0 saturated heterocycles. The zero-order chi connectivity index (χ0) is 8.55. The van der Waals surface area contributed by atoms with Crippen molar-refractivity contribution in [2.45, 2.75) is 31.3 Å². The summed E-state index contributed by atoms with van der Waals surface area (Å²) in [5, 5.41) is 4.24. The standard InChI is InChI=1S/C8H12BrN3.ClH/c9-6-4-11-12(5-6)8-3-1-2-7(8)10;/h4-5,7-8H,1-3,10H2;1H. The number of hydrogen-bond donors (Lipinski definition) is 1. The first kappa shape index (κ1) is 11.0. The van der Waals surface area contributed by atoms with Crippen molar-refractivity contribution in [3.63, 3.8) is 0 Å². The molecule has 1 aliphatic rings. The van der Waals surface area contributed by atoms with E-state index in [9.17, 15) is 0 Å². The van der Waals surface area contributed by atoms with Crippen LogP contribution in [0.15, 0.2) is 16.9 Å². The van der Waals surface area contributed by atoms with Crippen molar-refractivity contribution in [3.8, 4) is 0 Å². The Hall–Kier alpha value is -0.0600. The summed E-state index contributed by atoms with van der Waals surface area (Å²) in [7, 11) is 0. The quantitative estimate of drug-likeness (QED) is 0.846. The number of halogens is 2. The number of nitrogens with zero attached hydrogens (tertiary/aromatic N) is 2. The molecule has 0 bridgehead atoms. The van der Waals surface area contributed by atoms with Gasteiger partial charge in [-0.05, 0) is 35.2 Å². The number of nitrogens with two attached hydrogens (primary N) is 1. The van der Waals surface area contributed by atoms with E-state index in [1.165, 1.54) is 6.42 Å². The zero-order valence-electron chi connectivity index (χ0n) is 7.19. The maximum Gasteiger partial charge on any atom is 0.0670 e. The summed E-state index contributed by atoms with van der Waals surface area (Å²) >= 11 is 3.38. The second-order valence-electron chi connectivity index (χ2n) is 3.30. The zero-order valence-corrected chi connectivity index (χ0v) is 9.59. The van der Waals surface area contributed by atoms with E-state index in [1.807, 2.05) is 17.1 Å². The first-order valence-electron chi connectivity index (χ1n) is 4.22. The van der Waals surface area contributed by atoms with E-state index in [0.29, 0.717) is 6.04 Å². The third kappa shape index (κ3) is 2.24. The Balaban J connectivity index is 0.000000845. The van der Waals surface area contributed by atoms with Gasteiger partial charge in [0.2, 0.25) is 0 Å². The van der Waals surface area contributed by atoms with Gasteiger partial charge in [0, 0.05) is 12.2 Å².